The Balaban J connectivity index is 2.80. The van der Waals surface area contributed by atoms with Crippen molar-refractivity contribution in [1.29, 1.82) is 0 Å². The molecule has 1 N–H and O–H groups in total. The van der Waals surface area contributed by atoms with Gasteiger partial charge in [0.2, 0.25) is 5.91 Å². The van der Waals surface area contributed by atoms with Gasteiger partial charge in [-0.15, -0.1) is 0 Å². The van der Waals surface area contributed by atoms with Crippen molar-refractivity contribution in [3.63, 3.8) is 0 Å². The van der Waals surface area contributed by atoms with Crippen LogP contribution in [-0.2, 0) is 19.1 Å². The quantitative estimate of drug-likeness (QED) is 0.359. The number of nitrogens with zero attached hydrogens (tertiary/aromatic N) is 3. The van der Waals surface area contributed by atoms with Gasteiger partial charge in [0.05, 0.1) is 6.10 Å². The lowest BCUT2D eigenvalue weighted by molar-refractivity contribution is -0.169. The number of amides is 1. The molecular formula is C13H22N4O4. The summed E-state index contributed by atoms with van der Waals surface area (Å²) in [5.41, 5.74) is 8.68. The molecule has 5 atom stereocenters. The molecule has 1 aliphatic heterocycles. The van der Waals surface area contributed by atoms with Crippen molar-refractivity contribution >= 4 is 11.9 Å². The normalized spacial score (nSPS) is 31.9. The smallest absolute Gasteiger partial charge is 0.302 e. The van der Waals surface area contributed by atoms with Gasteiger partial charge < -0.3 is 14.8 Å². The van der Waals surface area contributed by atoms with E-state index in [4.69, 9.17) is 15.0 Å². The topological polar surface area (TPSA) is 113 Å². The lowest BCUT2D eigenvalue weighted by Crippen LogP contribution is -2.50. The van der Waals surface area contributed by atoms with Crippen molar-refractivity contribution in [2.45, 2.75) is 40.0 Å². The minimum Gasteiger partial charge on any atom is -0.463 e. The minimum absolute atomic E-state index is 0.105. The summed E-state index contributed by atoms with van der Waals surface area (Å²) in [6.07, 6.45) is -1.01. The second kappa shape index (κ2) is 7.85. The fourth-order valence-corrected chi connectivity index (χ4v) is 2.49. The third kappa shape index (κ3) is 4.91. The van der Waals surface area contributed by atoms with Crippen LogP contribution in [0.1, 0.15) is 27.7 Å². The highest BCUT2D eigenvalue weighted by atomic mass is 16.6. The fraction of sp³-hybridized carbons (Fsp3) is 0.846. The molecule has 0 aromatic rings. The van der Waals surface area contributed by atoms with Crippen LogP contribution in [0.3, 0.4) is 0 Å². The van der Waals surface area contributed by atoms with Gasteiger partial charge in [-0.25, -0.2) is 0 Å². The van der Waals surface area contributed by atoms with E-state index >= 15 is 0 Å². The van der Waals surface area contributed by atoms with Crippen molar-refractivity contribution in [3.05, 3.63) is 10.4 Å². The number of azide groups is 1. The van der Waals surface area contributed by atoms with Gasteiger partial charge in [0.25, 0.3) is 0 Å². The van der Waals surface area contributed by atoms with Gasteiger partial charge in [0.15, 0.2) is 0 Å². The van der Waals surface area contributed by atoms with Crippen LogP contribution in [-0.4, -0.2) is 37.4 Å². The van der Waals surface area contributed by atoms with Gasteiger partial charge in [-0.1, -0.05) is 19.0 Å². The van der Waals surface area contributed by atoms with E-state index in [0.29, 0.717) is 6.54 Å². The Morgan fingerprint density at radius 1 is 1.33 bits per heavy atom. The first-order valence-electron chi connectivity index (χ1n) is 6.94. The molecule has 1 fully saturated rings. The monoisotopic (exact) mass is 298 g/mol. The van der Waals surface area contributed by atoms with Crippen LogP contribution in [0.5, 0.6) is 0 Å². The fourth-order valence-electron chi connectivity index (χ4n) is 2.49. The highest BCUT2D eigenvalue weighted by Crippen LogP contribution is 2.35. The number of ether oxygens (including phenoxy) is 2. The first-order chi connectivity index (χ1) is 9.86. The van der Waals surface area contributed by atoms with Crippen LogP contribution in [0.2, 0.25) is 0 Å². The van der Waals surface area contributed by atoms with E-state index in [1.807, 2.05) is 13.8 Å². The number of carbonyl (C=O) groups excluding carboxylic acids is 2. The largest absolute Gasteiger partial charge is 0.463 e. The second-order valence-corrected chi connectivity index (χ2v) is 5.39. The Bertz CT molecular complexity index is 436. The van der Waals surface area contributed by atoms with Crippen molar-refractivity contribution < 1.29 is 19.1 Å². The van der Waals surface area contributed by atoms with Crippen LogP contribution in [0.15, 0.2) is 5.11 Å². The third-order valence-electron chi connectivity index (χ3n) is 3.97. The summed E-state index contributed by atoms with van der Waals surface area (Å²) in [7, 11) is 0. The van der Waals surface area contributed by atoms with E-state index < -0.39 is 6.23 Å². The summed E-state index contributed by atoms with van der Waals surface area (Å²) in [6.45, 7) is 7.29. The van der Waals surface area contributed by atoms with Gasteiger partial charge in [-0.3, -0.25) is 9.59 Å². The standard InChI is InChI=1S/C13H22N4O4/c1-7-8(2)12(6-20-10(4)19)21-13(16-17-14)11(7)5-15-9(3)18/h7-8,11-13H,5-6H2,1-4H3,(H,15,18)/t7?,8-,11?,12?,13-/m1/s1. The molecule has 0 saturated carbocycles. The lowest BCUT2D eigenvalue weighted by atomic mass is 9.77. The SMILES string of the molecule is CC(=O)NCC1C(C)[C@@H](C)C(COC(C)=O)O[C@H]1N=[N+]=[N-]. The molecule has 3 unspecified atom stereocenters. The summed E-state index contributed by atoms with van der Waals surface area (Å²) in [4.78, 5) is 24.8. The molecule has 21 heavy (non-hydrogen) atoms. The van der Waals surface area contributed by atoms with Crippen molar-refractivity contribution in [2.24, 2.45) is 22.9 Å². The molecule has 8 heteroatoms. The Kier molecular flexibility index (Phi) is 6.45. The van der Waals surface area contributed by atoms with E-state index in [-0.39, 0.29) is 42.3 Å². The zero-order valence-electron chi connectivity index (χ0n) is 12.8. The molecule has 0 aromatic carbocycles. The van der Waals surface area contributed by atoms with Gasteiger partial charge in [-0.05, 0) is 17.4 Å². The molecule has 0 radical (unpaired) electrons. The van der Waals surface area contributed by atoms with Crippen LogP contribution in [0, 0.1) is 17.8 Å². The molecule has 1 saturated heterocycles. The molecule has 0 aromatic heterocycles. The number of hydrogen-bond donors (Lipinski definition) is 1. The number of nitrogens with one attached hydrogen (secondary N) is 1. The Labute approximate surface area is 123 Å². The number of carbonyl (C=O) groups is 2. The highest BCUT2D eigenvalue weighted by Gasteiger charge is 2.41. The molecule has 1 rings (SSSR count). The van der Waals surface area contributed by atoms with E-state index in [1.165, 1.54) is 13.8 Å². The molecule has 1 amide bonds. The van der Waals surface area contributed by atoms with Crippen molar-refractivity contribution in [3.8, 4) is 0 Å². The molecule has 118 valence electrons. The number of hydrogen-bond acceptors (Lipinski definition) is 5. The van der Waals surface area contributed by atoms with E-state index in [0.717, 1.165) is 0 Å². The highest BCUT2D eigenvalue weighted by molar-refractivity contribution is 5.72. The van der Waals surface area contributed by atoms with Crippen LogP contribution < -0.4 is 5.32 Å². The van der Waals surface area contributed by atoms with E-state index in [2.05, 4.69) is 15.3 Å². The zero-order chi connectivity index (χ0) is 16.0. The minimum atomic E-state index is -0.686. The molecule has 0 spiro atoms. The van der Waals surface area contributed by atoms with Gasteiger partial charge in [0, 0.05) is 31.2 Å². The molecule has 1 heterocycles. The van der Waals surface area contributed by atoms with Crippen LogP contribution >= 0.6 is 0 Å². The predicted octanol–water partition coefficient (Wildman–Crippen LogP) is 1.61. The van der Waals surface area contributed by atoms with Crippen LogP contribution in [0.4, 0.5) is 0 Å². The number of rotatable bonds is 5. The average Bonchev–Trinajstić information content (AvgIpc) is 2.40. The first-order valence-corrected chi connectivity index (χ1v) is 6.94. The van der Waals surface area contributed by atoms with Gasteiger partial charge >= 0.3 is 5.97 Å². The maximum atomic E-state index is 11.1. The average molecular weight is 298 g/mol. The zero-order valence-corrected chi connectivity index (χ0v) is 12.8. The lowest BCUT2D eigenvalue weighted by Gasteiger charge is -2.43. The third-order valence-corrected chi connectivity index (χ3v) is 3.97. The molecule has 1 aliphatic rings. The molecular weight excluding hydrogens is 276 g/mol. The summed E-state index contributed by atoms with van der Waals surface area (Å²) in [6, 6.07) is 0. The van der Waals surface area contributed by atoms with E-state index in [9.17, 15) is 9.59 Å². The summed E-state index contributed by atoms with van der Waals surface area (Å²) in [5, 5.41) is 6.40. The maximum Gasteiger partial charge on any atom is 0.302 e. The first kappa shape index (κ1) is 17.3. The summed E-state index contributed by atoms with van der Waals surface area (Å²) < 4.78 is 10.7. The predicted molar refractivity (Wildman–Crippen MR) is 74.9 cm³/mol. The Morgan fingerprint density at radius 2 is 2.00 bits per heavy atom. The molecule has 8 nitrogen and oxygen atoms in total. The second-order valence-electron chi connectivity index (χ2n) is 5.39. The summed E-state index contributed by atoms with van der Waals surface area (Å²) in [5.74, 6) is -0.390. The van der Waals surface area contributed by atoms with Gasteiger partial charge in [-0.2, -0.15) is 0 Å². The van der Waals surface area contributed by atoms with Crippen LogP contribution in [0.25, 0.3) is 10.4 Å². The molecule has 0 bridgehead atoms. The van der Waals surface area contributed by atoms with Gasteiger partial charge in [0.1, 0.15) is 12.8 Å². The van der Waals surface area contributed by atoms with E-state index in [1.54, 1.807) is 0 Å². The summed E-state index contributed by atoms with van der Waals surface area (Å²) >= 11 is 0. The molecule has 0 aliphatic carbocycles. The Morgan fingerprint density at radius 3 is 2.52 bits per heavy atom. The Hall–Kier alpha value is -1.79. The van der Waals surface area contributed by atoms with Crippen molar-refractivity contribution in [1.82, 2.24) is 5.32 Å². The number of esters is 1. The maximum absolute atomic E-state index is 11.1. The van der Waals surface area contributed by atoms with Crippen molar-refractivity contribution in [2.75, 3.05) is 13.2 Å².